The summed E-state index contributed by atoms with van der Waals surface area (Å²) in [7, 11) is 0. The van der Waals surface area contributed by atoms with Gasteiger partial charge in [-0.1, -0.05) is 30.3 Å². The molecule has 0 N–H and O–H groups in total. The summed E-state index contributed by atoms with van der Waals surface area (Å²) in [6.07, 6.45) is 4.69. The number of hydrogen-bond acceptors (Lipinski definition) is 1. The van der Waals surface area contributed by atoms with Gasteiger partial charge in [0.05, 0.1) is 5.54 Å². The van der Waals surface area contributed by atoms with Crippen molar-refractivity contribution in [2.75, 3.05) is 6.54 Å². The van der Waals surface area contributed by atoms with Crippen LogP contribution in [0.2, 0.25) is 0 Å². The zero-order chi connectivity index (χ0) is 9.60. The average molecular weight is 185 g/mol. The highest BCUT2D eigenvalue weighted by Crippen LogP contribution is 2.47. The van der Waals surface area contributed by atoms with Crippen LogP contribution in [0.5, 0.6) is 0 Å². The standard InChI is InChI=1S/C13H15N/c1-2-13-8-5-9-14(13)10-11-6-3-4-7-12(11)13/h2-4,6-7H,1,5,8-10H2. The second kappa shape index (κ2) is 2.71. The van der Waals surface area contributed by atoms with Crippen molar-refractivity contribution >= 4 is 0 Å². The molecule has 1 aromatic rings. The van der Waals surface area contributed by atoms with Crippen molar-refractivity contribution in [1.82, 2.24) is 4.90 Å². The first kappa shape index (κ1) is 8.25. The quantitative estimate of drug-likeness (QED) is 0.608. The fraction of sp³-hybridized carbons (Fsp3) is 0.385. The van der Waals surface area contributed by atoms with E-state index in [2.05, 4.69) is 41.8 Å². The van der Waals surface area contributed by atoms with Gasteiger partial charge in [-0.2, -0.15) is 0 Å². The van der Waals surface area contributed by atoms with E-state index in [9.17, 15) is 0 Å². The Hall–Kier alpha value is -1.08. The Kier molecular flexibility index (Phi) is 1.59. The summed E-state index contributed by atoms with van der Waals surface area (Å²) in [5.41, 5.74) is 3.16. The highest BCUT2D eigenvalue weighted by molar-refractivity contribution is 5.42. The summed E-state index contributed by atoms with van der Waals surface area (Å²) in [5.74, 6) is 0. The van der Waals surface area contributed by atoms with Crippen molar-refractivity contribution in [2.45, 2.75) is 24.9 Å². The Bertz CT molecular complexity index is 383. The van der Waals surface area contributed by atoms with Crippen LogP contribution in [0.1, 0.15) is 24.0 Å². The van der Waals surface area contributed by atoms with Gasteiger partial charge in [-0.25, -0.2) is 0 Å². The van der Waals surface area contributed by atoms with Gasteiger partial charge < -0.3 is 0 Å². The van der Waals surface area contributed by atoms with E-state index in [1.54, 1.807) is 0 Å². The Morgan fingerprint density at radius 3 is 3.07 bits per heavy atom. The van der Waals surface area contributed by atoms with E-state index < -0.39 is 0 Å². The molecule has 2 aliphatic heterocycles. The molecule has 2 aliphatic rings. The van der Waals surface area contributed by atoms with E-state index >= 15 is 0 Å². The molecule has 0 saturated carbocycles. The second-order valence-electron chi connectivity index (χ2n) is 4.31. The Morgan fingerprint density at radius 2 is 2.21 bits per heavy atom. The van der Waals surface area contributed by atoms with Gasteiger partial charge in [0.15, 0.2) is 0 Å². The highest BCUT2D eigenvalue weighted by atomic mass is 15.2. The van der Waals surface area contributed by atoms with Gasteiger partial charge in [0.2, 0.25) is 0 Å². The third-order valence-electron chi connectivity index (χ3n) is 3.73. The minimum absolute atomic E-state index is 0.177. The lowest BCUT2D eigenvalue weighted by atomic mass is 9.88. The fourth-order valence-corrected chi connectivity index (χ4v) is 3.05. The first-order chi connectivity index (χ1) is 6.87. The van der Waals surface area contributed by atoms with Gasteiger partial charge in [-0.15, -0.1) is 6.58 Å². The molecular formula is C13H15N. The Labute approximate surface area is 85.0 Å². The van der Waals surface area contributed by atoms with Crippen molar-refractivity contribution in [3.63, 3.8) is 0 Å². The lowest BCUT2D eigenvalue weighted by Crippen LogP contribution is -2.32. The summed E-state index contributed by atoms with van der Waals surface area (Å²) in [5, 5.41) is 0. The van der Waals surface area contributed by atoms with Crippen LogP contribution in [0, 0.1) is 0 Å². The van der Waals surface area contributed by atoms with Gasteiger partial charge >= 0.3 is 0 Å². The zero-order valence-electron chi connectivity index (χ0n) is 8.37. The summed E-state index contributed by atoms with van der Waals surface area (Å²) < 4.78 is 0. The van der Waals surface area contributed by atoms with Crippen molar-refractivity contribution < 1.29 is 0 Å². The average Bonchev–Trinajstić information content (AvgIpc) is 2.73. The second-order valence-corrected chi connectivity index (χ2v) is 4.31. The van der Waals surface area contributed by atoms with E-state index in [1.807, 2.05) is 0 Å². The number of hydrogen-bond donors (Lipinski definition) is 0. The van der Waals surface area contributed by atoms with Crippen molar-refractivity contribution in [3.8, 4) is 0 Å². The van der Waals surface area contributed by atoms with Gasteiger partial charge in [0.25, 0.3) is 0 Å². The van der Waals surface area contributed by atoms with Crippen LogP contribution in [0.3, 0.4) is 0 Å². The Morgan fingerprint density at radius 1 is 1.36 bits per heavy atom. The molecule has 1 atom stereocenters. The molecule has 1 unspecified atom stereocenters. The molecule has 72 valence electrons. The van der Waals surface area contributed by atoms with Crippen LogP contribution in [0.15, 0.2) is 36.9 Å². The molecule has 0 radical (unpaired) electrons. The third-order valence-corrected chi connectivity index (χ3v) is 3.73. The van der Waals surface area contributed by atoms with Crippen molar-refractivity contribution in [2.24, 2.45) is 0 Å². The van der Waals surface area contributed by atoms with Crippen LogP contribution >= 0.6 is 0 Å². The van der Waals surface area contributed by atoms with Gasteiger partial charge in [0, 0.05) is 6.54 Å². The predicted octanol–water partition coefficient (Wildman–Crippen LogP) is 2.68. The normalized spacial score (nSPS) is 30.0. The lowest BCUT2D eigenvalue weighted by Gasteiger charge is -2.29. The van der Waals surface area contributed by atoms with E-state index in [1.165, 1.54) is 30.5 Å². The minimum atomic E-state index is 0.177. The molecule has 1 fully saturated rings. The summed E-state index contributed by atoms with van der Waals surface area (Å²) in [4.78, 5) is 2.56. The van der Waals surface area contributed by atoms with Crippen molar-refractivity contribution in [3.05, 3.63) is 48.0 Å². The van der Waals surface area contributed by atoms with E-state index in [-0.39, 0.29) is 5.54 Å². The molecule has 0 aliphatic carbocycles. The largest absolute Gasteiger partial charge is 0.286 e. The molecule has 2 heterocycles. The molecule has 0 spiro atoms. The smallest absolute Gasteiger partial charge is 0.0649 e. The van der Waals surface area contributed by atoms with Crippen LogP contribution in [0.25, 0.3) is 0 Å². The molecule has 0 bridgehead atoms. The first-order valence-electron chi connectivity index (χ1n) is 5.34. The maximum absolute atomic E-state index is 4.03. The van der Waals surface area contributed by atoms with Crippen LogP contribution in [0.4, 0.5) is 0 Å². The molecule has 14 heavy (non-hydrogen) atoms. The molecule has 1 nitrogen and oxygen atoms in total. The highest BCUT2D eigenvalue weighted by Gasteiger charge is 2.45. The van der Waals surface area contributed by atoms with Gasteiger partial charge in [0.1, 0.15) is 0 Å². The number of rotatable bonds is 1. The van der Waals surface area contributed by atoms with E-state index in [4.69, 9.17) is 0 Å². The zero-order valence-corrected chi connectivity index (χ0v) is 8.37. The summed E-state index contributed by atoms with van der Waals surface area (Å²) >= 11 is 0. The maximum atomic E-state index is 4.03. The third kappa shape index (κ3) is 0.833. The SMILES string of the molecule is C=CC12CCCN1Cc1ccccc12. The predicted molar refractivity (Wildman–Crippen MR) is 58.0 cm³/mol. The van der Waals surface area contributed by atoms with E-state index in [0.717, 1.165) is 6.54 Å². The van der Waals surface area contributed by atoms with E-state index in [0.29, 0.717) is 0 Å². The molecular weight excluding hydrogens is 170 g/mol. The number of nitrogens with zero attached hydrogens (tertiary/aromatic N) is 1. The number of benzene rings is 1. The summed E-state index contributed by atoms with van der Waals surface area (Å²) in [6.45, 7) is 6.37. The maximum Gasteiger partial charge on any atom is 0.0649 e. The van der Waals surface area contributed by atoms with Crippen LogP contribution in [-0.4, -0.2) is 11.4 Å². The number of fused-ring (bicyclic) bond motifs is 3. The Balaban J connectivity index is 2.20. The lowest BCUT2D eigenvalue weighted by molar-refractivity contribution is 0.208. The van der Waals surface area contributed by atoms with Crippen LogP contribution in [-0.2, 0) is 12.1 Å². The van der Waals surface area contributed by atoms with Crippen molar-refractivity contribution in [1.29, 1.82) is 0 Å². The first-order valence-corrected chi connectivity index (χ1v) is 5.34. The minimum Gasteiger partial charge on any atom is -0.286 e. The molecule has 1 saturated heterocycles. The van der Waals surface area contributed by atoms with Crippen LogP contribution < -0.4 is 0 Å². The molecule has 0 aromatic heterocycles. The molecule has 1 aromatic carbocycles. The van der Waals surface area contributed by atoms with Gasteiger partial charge in [-0.3, -0.25) is 4.90 Å². The molecule has 0 amide bonds. The monoisotopic (exact) mass is 185 g/mol. The van der Waals surface area contributed by atoms with Gasteiger partial charge in [-0.05, 0) is 30.5 Å². The fourth-order valence-electron chi connectivity index (χ4n) is 3.05. The molecule has 3 rings (SSSR count). The molecule has 1 heteroatoms. The topological polar surface area (TPSA) is 3.24 Å². The summed E-state index contributed by atoms with van der Waals surface area (Å²) in [6, 6.07) is 8.80.